The van der Waals surface area contributed by atoms with Crippen LogP contribution in [0.1, 0.15) is 37.1 Å². The van der Waals surface area contributed by atoms with Crippen LogP contribution in [0.3, 0.4) is 0 Å². The van der Waals surface area contributed by atoms with Crippen molar-refractivity contribution in [3.8, 4) is 11.5 Å². The molecular formula is C24H26N4O3. The Morgan fingerprint density at radius 3 is 2.65 bits per heavy atom. The molecule has 31 heavy (non-hydrogen) atoms. The van der Waals surface area contributed by atoms with E-state index in [0.29, 0.717) is 18.2 Å². The van der Waals surface area contributed by atoms with Crippen LogP contribution < -0.4 is 15.4 Å². The first-order valence-electron chi connectivity index (χ1n) is 10.4. The number of aromatic nitrogens is 2. The zero-order valence-electron chi connectivity index (χ0n) is 17.5. The molecular weight excluding hydrogens is 392 g/mol. The first-order chi connectivity index (χ1) is 15.0. The summed E-state index contributed by atoms with van der Waals surface area (Å²) in [6, 6.07) is 19.1. The molecule has 1 unspecified atom stereocenters. The number of rotatable bonds is 7. The summed E-state index contributed by atoms with van der Waals surface area (Å²) in [5, 5.41) is 16.2. The lowest BCUT2D eigenvalue weighted by Crippen LogP contribution is -2.25. The van der Waals surface area contributed by atoms with E-state index >= 15 is 0 Å². The number of hydrogen-bond acceptors (Lipinski definition) is 6. The van der Waals surface area contributed by atoms with Crippen LogP contribution in [0.4, 0.5) is 5.95 Å². The highest BCUT2D eigenvalue weighted by Crippen LogP contribution is 2.31. The van der Waals surface area contributed by atoms with Crippen molar-refractivity contribution in [2.24, 2.45) is 5.92 Å². The maximum atomic E-state index is 12.3. The lowest BCUT2D eigenvalue weighted by Gasteiger charge is -2.20. The van der Waals surface area contributed by atoms with Gasteiger partial charge in [0.05, 0.1) is 23.8 Å². The lowest BCUT2D eigenvalue weighted by molar-refractivity contribution is -0.121. The Balaban J connectivity index is 1.49. The summed E-state index contributed by atoms with van der Waals surface area (Å²) in [6.07, 6.45) is 1.03. The maximum absolute atomic E-state index is 12.3. The van der Waals surface area contributed by atoms with Crippen LogP contribution in [0.15, 0.2) is 66.9 Å². The zero-order chi connectivity index (χ0) is 21.8. The summed E-state index contributed by atoms with van der Waals surface area (Å²) >= 11 is 0. The smallest absolute Gasteiger partial charge is 0.229 e. The fourth-order valence-electron chi connectivity index (χ4n) is 3.81. The lowest BCUT2D eigenvalue weighted by atomic mass is 9.88. The second-order valence-corrected chi connectivity index (χ2v) is 7.79. The van der Waals surface area contributed by atoms with E-state index in [1.807, 2.05) is 61.5 Å². The molecule has 1 saturated heterocycles. The fourth-order valence-corrected chi connectivity index (χ4v) is 3.81. The molecule has 4 rings (SSSR count). The van der Waals surface area contributed by atoms with Crippen molar-refractivity contribution in [1.29, 1.82) is 0 Å². The monoisotopic (exact) mass is 418 g/mol. The van der Waals surface area contributed by atoms with Gasteiger partial charge < -0.3 is 20.5 Å². The minimum Gasteiger partial charge on any atom is -0.457 e. The van der Waals surface area contributed by atoms with Gasteiger partial charge in [0.15, 0.2) is 0 Å². The molecule has 2 heterocycles. The van der Waals surface area contributed by atoms with Gasteiger partial charge in [-0.3, -0.25) is 4.79 Å². The zero-order valence-corrected chi connectivity index (χ0v) is 17.5. The molecule has 1 aromatic heterocycles. The topological polar surface area (TPSA) is 96.4 Å². The molecule has 7 heteroatoms. The predicted molar refractivity (Wildman–Crippen MR) is 118 cm³/mol. The van der Waals surface area contributed by atoms with E-state index in [0.717, 1.165) is 17.1 Å². The SMILES string of the molecule is C[C@H](Nc1nccc([C@@H]2C(=O)NCC2[C@@H](C)O)n1)c1cccc(Oc2ccccc2)c1. The molecule has 3 aromatic rings. The van der Waals surface area contributed by atoms with Crippen molar-refractivity contribution >= 4 is 11.9 Å². The Labute approximate surface area is 181 Å². The van der Waals surface area contributed by atoms with Crippen molar-refractivity contribution in [3.05, 3.63) is 78.1 Å². The van der Waals surface area contributed by atoms with Gasteiger partial charge in [0.2, 0.25) is 11.9 Å². The summed E-state index contributed by atoms with van der Waals surface area (Å²) in [6.45, 7) is 4.15. The number of ether oxygens (including phenoxy) is 1. The largest absolute Gasteiger partial charge is 0.457 e. The second-order valence-electron chi connectivity index (χ2n) is 7.79. The number of para-hydroxylation sites is 1. The number of hydrogen-bond donors (Lipinski definition) is 3. The predicted octanol–water partition coefficient (Wildman–Crippen LogP) is 3.65. The van der Waals surface area contributed by atoms with Gasteiger partial charge in [0, 0.05) is 18.7 Å². The van der Waals surface area contributed by atoms with E-state index in [9.17, 15) is 9.90 Å². The number of amides is 1. The van der Waals surface area contributed by atoms with Crippen LogP contribution >= 0.6 is 0 Å². The fraction of sp³-hybridized carbons (Fsp3) is 0.292. The maximum Gasteiger partial charge on any atom is 0.229 e. The van der Waals surface area contributed by atoms with Gasteiger partial charge in [-0.25, -0.2) is 9.97 Å². The first kappa shape index (κ1) is 20.8. The molecule has 1 aliphatic heterocycles. The number of nitrogens with zero attached hydrogens (tertiary/aromatic N) is 2. The van der Waals surface area contributed by atoms with Crippen LogP contribution in [-0.4, -0.2) is 33.6 Å². The third-order valence-electron chi connectivity index (χ3n) is 5.52. The van der Waals surface area contributed by atoms with Crippen molar-refractivity contribution in [2.75, 3.05) is 11.9 Å². The Morgan fingerprint density at radius 2 is 1.87 bits per heavy atom. The van der Waals surface area contributed by atoms with E-state index in [-0.39, 0.29) is 17.9 Å². The van der Waals surface area contributed by atoms with Gasteiger partial charge in [-0.1, -0.05) is 30.3 Å². The van der Waals surface area contributed by atoms with Crippen LogP contribution in [-0.2, 0) is 4.79 Å². The van der Waals surface area contributed by atoms with Gasteiger partial charge in [-0.05, 0) is 49.7 Å². The molecule has 2 aromatic carbocycles. The molecule has 4 atom stereocenters. The van der Waals surface area contributed by atoms with Gasteiger partial charge in [-0.2, -0.15) is 0 Å². The number of nitrogens with one attached hydrogen (secondary N) is 2. The van der Waals surface area contributed by atoms with E-state index < -0.39 is 12.0 Å². The van der Waals surface area contributed by atoms with Crippen molar-refractivity contribution in [2.45, 2.75) is 31.9 Å². The average Bonchev–Trinajstić information content (AvgIpc) is 3.16. The van der Waals surface area contributed by atoms with Gasteiger partial charge in [0.1, 0.15) is 11.5 Å². The van der Waals surface area contributed by atoms with E-state index in [4.69, 9.17) is 4.74 Å². The minimum atomic E-state index is -0.610. The summed E-state index contributed by atoms with van der Waals surface area (Å²) < 4.78 is 5.92. The highest BCUT2D eigenvalue weighted by Gasteiger charge is 2.39. The van der Waals surface area contributed by atoms with Crippen LogP contribution in [0.5, 0.6) is 11.5 Å². The number of carbonyl (C=O) groups excluding carboxylic acids is 1. The Bertz CT molecular complexity index is 1040. The molecule has 0 radical (unpaired) electrons. The van der Waals surface area contributed by atoms with E-state index in [2.05, 4.69) is 20.6 Å². The first-order valence-corrected chi connectivity index (χ1v) is 10.4. The number of benzene rings is 2. The third kappa shape index (κ3) is 4.83. The molecule has 160 valence electrons. The molecule has 0 bridgehead atoms. The Morgan fingerprint density at radius 1 is 1.10 bits per heavy atom. The van der Waals surface area contributed by atoms with Gasteiger partial charge in [-0.15, -0.1) is 0 Å². The molecule has 0 spiro atoms. The van der Waals surface area contributed by atoms with E-state index in [1.54, 1.807) is 19.2 Å². The number of aliphatic hydroxyl groups excluding tert-OH is 1. The Hall–Kier alpha value is -3.45. The molecule has 7 nitrogen and oxygen atoms in total. The normalized spacial score (nSPS) is 20.0. The summed E-state index contributed by atoms with van der Waals surface area (Å²) in [7, 11) is 0. The van der Waals surface area contributed by atoms with Crippen LogP contribution in [0.2, 0.25) is 0 Å². The standard InChI is InChI=1S/C24H26N4O3/c1-15(17-7-6-10-19(13-17)31-18-8-4-3-5-9-18)27-24-25-12-11-21(28-24)22-20(16(2)29)14-26-23(22)30/h3-13,15-16,20,22,29H,14H2,1-2H3,(H,26,30)(H,25,27,28)/t15-,16+,20?,22+/m0/s1. The quantitative estimate of drug-likeness (QED) is 0.542. The average molecular weight is 418 g/mol. The summed E-state index contributed by atoms with van der Waals surface area (Å²) in [5.74, 6) is 1.15. The molecule has 0 aliphatic carbocycles. The summed E-state index contributed by atoms with van der Waals surface area (Å²) in [5.41, 5.74) is 1.62. The van der Waals surface area contributed by atoms with Crippen molar-refractivity contribution in [1.82, 2.24) is 15.3 Å². The van der Waals surface area contributed by atoms with Crippen molar-refractivity contribution < 1.29 is 14.6 Å². The third-order valence-corrected chi connectivity index (χ3v) is 5.52. The second kappa shape index (κ2) is 9.14. The minimum absolute atomic E-state index is 0.0838. The number of anilines is 1. The number of carbonyl (C=O) groups is 1. The number of aliphatic hydroxyl groups is 1. The van der Waals surface area contributed by atoms with Crippen LogP contribution in [0, 0.1) is 5.92 Å². The Kier molecular flexibility index (Phi) is 6.13. The molecule has 1 aliphatic rings. The molecule has 3 N–H and O–H groups in total. The molecule has 1 fully saturated rings. The molecule has 0 saturated carbocycles. The summed E-state index contributed by atoms with van der Waals surface area (Å²) in [4.78, 5) is 21.2. The van der Waals surface area contributed by atoms with Crippen molar-refractivity contribution in [3.63, 3.8) is 0 Å². The van der Waals surface area contributed by atoms with Crippen LogP contribution in [0.25, 0.3) is 0 Å². The van der Waals surface area contributed by atoms with Gasteiger partial charge in [0.25, 0.3) is 0 Å². The highest BCUT2D eigenvalue weighted by molar-refractivity contribution is 5.85. The van der Waals surface area contributed by atoms with E-state index in [1.165, 1.54) is 0 Å². The van der Waals surface area contributed by atoms with Gasteiger partial charge >= 0.3 is 0 Å². The molecule has 1 amide bonds. The highest BCUT2D eigenvalue weighted by atomic mass is 16.5.